The Bertz CT molecular complexity index is 136. The second-order valence-electron chi connectivity index (χ2n) is 3.06. The van der Waals surface area contributed by atoms with Crippen LogP contribution in [-0.4, -0.2) is 17.9 Å². The van der Waals surface area contributed by atoms with Gasteiger partial charge in [-0.1, -0.05) is 13.5 Å². The third kappa shape index (κ3) is 6.00. The van der Waals surface area contributed by atoms with Gasteiger partial charge in [-0.15, -0.1) is 0 Å². The molecule has 0 heterocycles. The summed E-state index contributed by atoms with van der Waals surface area (Å²) in [6.45, 7) is 6.20. The van der Waals surface area contributed by atoms with Gasteiger partial charge in [0.25, 0.3) is 0 Å². The zero-order valence-electron chi connectivity index (χ0n) is 7.59. The van der Waals surface area contributed by atoms with Crippen molar-refractivity contribution in [2.75, 3.05) is 6.54 Å². The topological polar surface area (TPSA) is 84.3 Å². The van der Waals surface area contributed by atoms with Crippen LogP contribution >= 0.6 is 0 Å². The molecule has 0 aliphatic heterocycles. The van der Waals surface area contributed by atoms with Gasteiger partial charge in [0.2, 0.25) is 0 Å². The van der Waals surface area contributed by atoms with Crippen LogP contribution in [0.4, 0.5) is 0 Å². The maximum absolute atomic E-state index is 8.94. The quantitative estimate of drug-likeness (QED) is 0.328. The molecule has 0 aromatic carbocycles. The van der Waals surface area contributed by atoms with Crippen LogP contribution in [0.5, 0.6) is 0 Å². The summed E-state index contributed by atoms with van der Waals surface area (Å²) in [5, 5.41) is 11.8. The fraction of sp³-hybridized carbons (Fsp3) is 0.750. The third-order valence-corrected chi connectivity index (χ3v) is 1.77. The van der Waals surface area contributed by atoms with E-state index in [0.29, 0.717) is 5.82 Å². The SMILES string of the molecule is C=C(N)NCCC[C@H](C)C(N)O. The van der Waals surface area contributed by atoms with Crippen molar-refractivity contribution in [3.8, 4) is 0 Å². The average molecular weight is 173 g/mol. The minimum atomic E-state index is -0.717. The van der Waals surface area contributed by atoms with Gasteiger partial charge in [-0.25, -0.2) is 0 Å². The second kappa shape index (κ2) is 5.85. The molecule has 0 aromatic heterocycles. The molecule has 0 aliphatic rings. The predicted octanol–water partition coefficient (Wildman–Crippen LogP) is -0.301. The molecule has 12 heavy (non-hydrogen) atoms. The summed E-state index contributed by atoms with van der Waals surface area (Å²) in [5.74, 6) is 0.619. The summed E-state index contributed by atoms with van der Waals surface area (Å²) in [4.78, 5) is 0. The molecule has 6 N–H and O–H groups in total. The lowest BCUT2D eigenvalue weighted by molar-refractivity contribution is 0.117. The van der Waals surface area contributed by atoms with E-state index in [4.69, 9.17) is 16.6 Å². The fourth-order valence-corrected chi connectivity index (χ4v) is 0.844. The van der Waals surface area contributed by atoms with Crippen molar-refractivity contribution in [1.82, 2.24) is 5.32 Å². The van der Waals surface area contributed by atoms with Crippen molar-refractivity contribution in [2.24, 2.45) is 17.4 Å². The molecule has 72 valence electrons. The first-order valence-electron chi connectivity index (χ1n) is 4.16. The van der Waals surface area contributed by atoms with Crippen molar-refractivity contribution < 1.29 is 5.11 Å². The highest BCUT2D eigenvalue weighted by atomic mass is 16.3. The minimum Gasteiger partial charge on any atom is -0.386 e. The molecule has 0 spiro atoms. The van der Waals surface area contributed by atoms with E-state index < -0.39 is 6.23 Å². The van der Waals surface area contributed by atoms with Gasteiger partial charge in [0.15, 0.2) is 0 Å². The zero-order chi connectivity index (χ0) is 9.56. The summed E-state index contributed by atoms with van der Waals surface area (Å²) in [5.41, 5.74) is 10.6. The standard InChI is InChI=1S/C8H19N3O/c1-6(8(10)12)4-3-5-11-7(2)9/h6,8,11-12H,2-5,9-10H2,1H3/t6-,8?/m0/s1. The number of nitrogens with one attached hydrogen (secondary N) is 1. The van der Waals surface area contributed by atoms with E-state index in [1.54, 1.807) is 0 Å². The average Bonchev–Trinajstić information content (AvgIpc) is 1.97. The molecule has 1 unspecified atom stereocenters. The summed E-state index contributed by atoms with van der Waals surface area (Å²) in [7, 11) is 0. The Kier molecular flexibility index (Phi) is 5.49. The lowest BCUT2D eigenvalue weighted by Gasteiger charge is -2.14. The number of aliphatic hydroxyl groups is 1. The molecule has 0 radical (unpaired) electrons. The fourth-order valence-electron chi connectivity index (χ4n) is 0.844. The van der Waals surface area contributed by atoms with E-state index in [0.717, 1.165) is 19.4 Å². The summed E-state index contributed by atoms with van der Waals surface area (Å²) in [6, 6.07) is 0. The molecule has 0 fully saturated rings. The van der Waals surface area contributed by atoms with E-state index in [1.807, 2.05) is 6.92 Å². The molecule has 0 bridgehead atoms. The van der Waals surface area contributed by atoms with Crippen molar-refractivity contribution in [1.29, 1.82) is 0 Å². The molecule has 0 rings (SSSR count). The lowest BCUT2D eigenvalue weighted by atomic mass is 10.0. The molecule has 0 aromatic rings. The van der Waals surface area contributed by atoms with Gasteiger partial charge in [-0.3, -0.25) is 0 Å². The number of rotatable bonds is 6. The van der Waals surface area contributed by atoms with Crippen molar-refractivity contribution >= 4 is 0 Å². The molecule has 2 atom stereocenters. The van der Waals surface area contributed by atoms with Crippen LogP contribution in [0.1, 0.15) is 19.8 Å². The Morgan fingerprint density at radius 3 is 2.67 bits per heavy atom. The molecule has 4 nitrogen and oxygen atoms in total. The molecule has 0 saturated carbocycles. The predicted molar refractivity (Wildman–Crippen MR) is 49.9 cm³/mol. The second-order valence-corrected chi connectivity index (χ2v) is 3.06. The third-order valence-electron chi connectivity index (χ3n) is 1.77. The van der Waals surface area contributed by atoms with Gasteiger partial charge in [0.05, 0.1) is 5.82 Å². The first-order valence-corrected chi connectivity index (χ1v) is 4.16. The smallest absolute Gasteiger partial charge is 0.104 e. The highest BCUT2D eigenvalue weighted by Crippen LogP contribution is 2.06. The van der Waals surface area contributed by atoms with E-state index >= 15 is 0 Å². The molecule has 4 heteroatoms. The molecule has 0 aliphatic carbocycles. The zero-order valence-corrected chi connectivity index (χ0v) is 7.59. The number of nitrogens with two attached hydrogens (primary N) is 2. The number of aliphatic hydroxyl groups excluding tert-OH is 1. The molecular weight excluding hydrogens is 154 g/mol. The first-order chi connectivity index (χ1) is 5.54. The van der Waals surface area contributed by atoms with E-state index in [1.165, 1.54) is 0 Å². The lowest BCUT2D eigenvalue weighted by Crippen LogP contribution is -2.28. The highest BCUT2D eigenvalue weighted by Gasteiger charge is 2.07. The maximum atomic E-state index is 8.94. The largest absolute Gasteiger partial charge is 0.386 e. The van der Waals surface area contributed by atoms with Gasteiger partial charge >= 0.3 is 0 Å². The maximum Gasteiger partial charge on any atom is 0.104 e. The van der Waals surface area contributed by atoms with Crippen LogP contribution in [0.25, 0.3) is 0 Å². The van der Waals surface area contributed by atoms with Crippen LogP contribution in [0.15, 0.2) is 12.4 Å². The minimum absolute atomic E-state index is 0.137. The van der Waals surface area contributed by atoms with Crippen molar-refractivity contribution in [3.63, 3.8) is 0 Å². The Balaban J connectivity index is 3.25. The van der Waals surface area contributed by atoms with E-state index in [2.05, 4.69) is 11.9 Å². The Morgan fingerprint density at radius 2 is 2.25 bits per heavy atom. The molecule has 0 saturated heterocycles. The van der Waals surface area contributed by atoms with Gasteiger partial charge in [0.1, 0.15) is 6.23 Å². The van der Waals surface area contributed by atoms with Crippen LogP contribution in [-0.2, 0) is 0 Å². The molecular formula is C8H19N3O. The summed E-state index contributed by atoms with van der Waals surface area (Å²) >= 11 is 0. The number of hydrogen-bond donors (Lipinski definition) is 4. The molecule has 0 amide bonds. The van der Waals surface area contributed by atoms with Gasteiger partial charge in [-0.2, -0.15) is 0 Å². The monoisotopic (exact) mass is 173 g/mol. The summed E-state index contributed by atoms with van der Waals surface area (Å²) < 4.78 is 0. The Labute approximate surface area is 73.6 Å². The van der Waals surface area contributed by atoms with Gasteiger partial charge in [-0.05, 0) is 18.8 Å². The first kappa shape index (κ1) is 11.3. The normalized spacial score (nSPS) is 15.2. The number of hydrogen-bond acceptors (Lipinski definition) is 4. The Hall–Kier alpha value is -0.740. The Morgan fingerprint density at radius 1 is 1.67 bits per heavy atom. The van der Waals surface area contributed by atoms with Gasteiger partial charge < -0.3 is 21.9 Å². The van der Waals surface area contributed by atoms with Crippen molar-refractivity contribution in [2.45, 2.75) is 26.0 Å². The van der Waals surface area contributed by atoms with Crippen LogP contribution in [0.3, 0.4) is 0 Å². The summed E-state index contributed by atoms with van der Waals surface area (Å²) in [6.07, 6.45) is 1.11. The van der Waals surface area contributed by atoms with Crippen molar-refractivity contribution in [3.05, 3.63) is 12.4 Å². The van der Waals surface area contributed by atoms with Gasteiger partial charge in [0, 0.05) is 6.54 Å². The van der Waals surface area contributed by atoms with E-state index in [-0.39, 0.29) is 5.92 Å². The van der Waals surface area contributed by atoms with E-state index in [9.17, 15) is 0 Å². The highest BCUT2D eigenvalue weighted by molar-refractivity contribution is 4.81. The van der Waals surface area contributed by atoms with Crippen LogP contribution < -0.4 is 16.8 Å². The van der Waals surface area contributed by atoms with Crippen LogP contribution in [0, 0.1) is 5.92 Å². The van der Waals surface area contributed by atoms with Crippen LogP contribution in [0.2, 0.25) is 0 Å².